The zero-order valence-electron chi connectivity index (χ0n) is 10.5. The molecular weight excluding hydrogens is 371 g/mol. The van der Waals surface area contributed by atoms with Crippen LogP contribution < -0.4 is 10.1 Å². The van der Waals surface area contributed by atoms with Gasteiger partial charge in [-0.25, -0.2) is 0 Å². The van der Waals surface area contributed by atoms with Gasteiger partial charge in [-0.2, -0.15) is 0 Å². The van der Waals surface area contributed by atoms with E-state index in [1.54, 1.807) is 30.3 Å². The van der Waals surface area contributed by atoms with E-state index in [0.717, 1.165) is 5.69 Å². The van der Waals surface area contributed by atoms with Gasteiger partial charge in [-0.15, -0.1) is 13.2 Å². The molecule has 1 N–H and O–H groups in total. The van der Waals surface area contributed by atoms with Crippen LogP contribution in [0.15, 0.2) is 46.9 Å². The van der Waals surface area contributed by atoms with Crippen molar-refractivity contribution >= 4 is 33.2 Å². The first-order valence-corrected chi connectivity index (χ1v) is 7.05. The van der Waals surface area contributed by atoms with Crippen LogP contribution in [0, 0.1) is 0 Å². The van der Waals surface area contributed by atoms with Crippen LogP contribution in [0.1, 0.15) is 5.56 Å². The van der Waals surface area contributed by atoms with E-state index in [1.165, 1.54) is 12.1 Å². The molecule has 0 atom stereocenters. The van der Waals surface area contributed by atoms with Gasteiger partial charge < -0.3 is 10.1 Å². The Hall–Kier alpha value is -1.40. The topological polar surface area (TPSA) is 21.3 Å². The van der Waals surface area contributed by atoms with Gasteiger partial charge in [0.15, 0.2) is 0 Å². The molecule has 0 heterocycles. The molecule has 2 aromatic rings. The van der Waals surface area contributed by atoms with Crippen molar-refractivity contribution in [2.24, 2.45) is 0 Å². The average Bonchev–Trinajstić information content (AvgIpc) is 2.40. The number of para-hydroxylation sites is 1. The molecule has 0 unspecified atom stereocenters. The predicted octanol–water partition coefficient (Wildman–Crippen LogP) is 5.61. The Bertz CT molecular complexity index is 634. The summed E-state index contributed by atoms with van der Waals surface area (Å²) >= 11 is 9.16. The van der Waals surface area contributed by atoms with Gasteiger partial charge >= 0.3 is 6.36 Å². The molecule has 0 saturated heterocycles. The summed E-state index contributed by atoms with van der Waals surface area (Å²) in [4.78, 5) is 0. The SMILES string of the molecule is FC(F)(F)Oc1ccccc1CNc1ccc(Cl)c(Br)c1. The lowest BCUT2D eigenvalue weighted by Crippen LogP contribution is -2.18. The monoisotopic (exact) mass is 379 g/mol. The van der Waals surface area contributed by atoms with Gasteiger partial charge in [0.05, 0.1) is 5.02 Å². The first-order chi connectivity index (χ1) is 9.85. The Morgan fingerprint density at radius 2 is 1.86 bits per heavy atom. The highest BCUT2D eigenvalue weighted by molar-refractivity contribution is 9.10. The Kier molecular flexibility index (Phi) is 5.00. The summed E-state index contributed by atoms with van der Waals surface area (Å²) in [6, 6.07) is 11.2. The number of nitrogens with one attached hydrogen (secondary N) is 1. The highest BCUT2D eigenvalue weighted by Gasteiger charge is 2.31. The second-order valence-electron chi connectivity index (χ2n) is 4.14. The van der Waals surface area contributed by atoms with Crippen LogP contribution in [0.5, 0.6) is 5.75 Å². The first-order valence-electron chi connectivity index (χ1n) is 5.88. The molecule has 7 heteroatoms. The molecule has 0 aliphatic rings. The fraction of sp³-hybridized carbons (Fsp3) is 0.143. The Labute approximate surface area is 133 Å². The summed E-state index contributed by atoms with van der Waals surface area (Å²) in [5.74, 6) is -0.217. The van der Waals surface area contributed by atoms with E-state index in [1.807, 2.05) is 0 Å². The summed E-state index contributed by atoms with van der Waals surface area (Å²) in [5.41, 5.74) is 1.13. The molecular formula is C14H10BrClF3NO. The minimum atomic E-state index is -4.71. The largest absolute Gasteiger partial charge is 0.573 e. The highest BCUT2D eigenvalue weighted by Crippen LogP contribution is 2.28. The number of anilines is 1. The number of hydrogen-bond acceptors (Lipinski definition) is 2. The molecule has 0 bridgehead atoms. The molecule has 0 radical (unpaired) electrons. The smallest absolute Gasteiger partial charge is 0.405 e. The third-order valence-corrected chi connectivity index (χ3v) is 3.81. The van der Waals surface area contributed by atoms with E-state index < -0.39 is 6.36 Å². The van der Waals surface area contributed by atoms with Crippen molar-refractivity contribution < 1.29 is 17.9 Å². The van der Waals surface area contributed by atoms with E-state index in [-0.39, 0.29) is 12.3 Å². The summed E-state index contributed by atoms with van der Waals surface area (Å²) in [6.45, 7) is 0.195. The molecule has 0 aliphatic heterocycles. The molecule has 0 fully saturated rings. The van der Waals surface area contributed by atoms with Crippen molar-refractivity contribution in [2.45, 2.75) is 12.9 Å². The van der Waals surface area contributed by atoms with Gasteiger partial charge in [-0.3, -0.25) is 0 Å². The summed E-state index contributed by atoms with van der Waals surface area (Å²) < 4.78 is 41.7. The third kappa shape index (κ3) is 4.82. The van der Waals surface area contributed by atoms with Crippen LogP contribution >= 0.6 is 27.5 Å². The van der Waals surface area contributed by atoms with Crippen molar-refractivity contribution in [2.75, 3.05) is 5.32 Å². The van der Waals surface area contributed by atoms with Crippen LogP contribution in [0.2, 0.25) is 5.02 Å². The number of alkyl halides is 3. The maximum atomic E-state index is 12.3. The van der Waals surface area contributed by atoms with Crippen LogP contribution in [-0.4, -0.2) is 6.36 Å². The Balaban J connectivity index is 2.11. The maximum absolute atomic E-state index is 12.3. The number of benzene rings is 2. The quantitative estimate of drug-likeness (QED) is 0.744. The average molecular weight is 381 g/mol. The standard InChI is InChI=1S/C14H10BrClF3NO/c15-11-7-10(5-6-12(11)16)20-8-9-3-1-2-4-13(9)21-14(17,18)19/h1-7,20H,8H2. The molecule has 2 aromatic carbocycles. The molecule has 0 spiro atoms. The number of rotatable bonds is 4. The zero-order valence-corrected chi connectivity index (χ0v) is 12.9. The predicted molar refractivity (Wildman–Crippen MR) is 79.6 cm³/mol. The van der Waals surface area contributed by atoms with Crippen LogP contribution in [0.3, 0.4) is 0 Å². The molecule has 0 aliphatic carbocycles. The zero-order chi connectivity index (χ0) is 15.5. The Morgan fingerprint density at radius 3 is 2.52 bits per heavy atom. The van der Waals surface area contributed by atoms with E-state index in [2.05, 4.69) is 26.0 Å². The fourth-order valence-electron chi connectivity index (χ4n) is 1.68. The van der Waals surface area contributed by atoms with Gasteiger partial charge in [0.2, 0.25) is 0 Å². The first kappa shape index (κ1) is 16.0. The van der Waals surface area contributed by atoms with Crippen LogP contribution in [0.25, 0.3) is 0 Å². The maximum Gasteiger partial charge on any atom is 0.573 e. The van der Waals surface area contributed by atoms with Crippen molar-refractivity contribution in [3.63, 3.8) is 0 Å². The lowest BCUT2D eigenvalue weighted by molar-refractivity contribution is -0.274. The minimum Gasteiger partial charge on any atom is -0.405 e. The minimum absolute atomic E-state index is 0.195. The van der Waals surface area contributed by atoms with Gasteiger partial charge in [-0.05, 0) is 40.2 Å². The van der Waals surface area contributed by atoms with E-state index in [0.29, 0.717) is 15.1 Å². The highest BCUT2D eigenvalue weighted by atomic mass is 79.9. The van der Waals surface area contributed by atoms with E-state index in [4.69, 9.17) is 11.6 Å². The van der Waals surface area contributed by atoms with E-state index in [9.17, 15) is 13.2 Å². The lowest BCUT2D eigenvalue weighted by atomic mass is 10.2. The molecule has 0 aromatic heterocycles. The lowest BCUT2D eigenvalue weighted by Gasteiger charge is -2.14. The second-order valence-corrected chi connectivity index (χ2v) is 5.40. The van der Waals surface area contributed by atoms with Crippen molar-refractivity contribution in [1.29, 1.82) is 0 Å². The summed E-state index contributed by atoms with van der Waals surface area (Å²) in [6.07, 6.45) is -4.71. The summed E-state index contributed by atoms with van der Waals surface area (Å²) in [5, 5.41) is 3.58. The van der Waals surface area contributed by atoms with Crippen LogP contribution in [0.4, 0.5) is 18.9 Å². The number of halogens is 5. The molecule has 0 saturated carbocycles. The number of hydrogen-bond donors (Lipinski definition) is 1. The normalized spacial score (nSPS) is 11.3. The molecule has 2 rings (SSSR count). The third-order valence-electron chi connectivity index (χ3n) is 2.60. The van der Waals surface area contributed by atoms with Crippen LogP contribution in [-0.2, 0) is 6.54 Å². The molecule has 0 amide bonds. The van der Waals surface area contributed by atoms with Gasteiger partial charge in [0.25, 0.3) is 0 Å². The van der Waals surface area contributed by atoms with Crippen molar-refractivity contribution in [1.82, 2.24) is 0 Å². The van der Waals surface area contributed by atoms with Gasteiger partial charge in [-0.1, -0.05) is 29.8 Å². The number of ether oxygens (including phenoxy) is 1. The molecule has 2 nitrogen and oxygen atoms in total. The van der Waals surface area contributed by atoms with E-state index >= 15 is 0 Å². The molecule has 21 heavy (non-hydrogen) atoms. The second kappa shape index (κ2) is 6.58. The van der Waals surface area contributed by atoms with Crippen molar-refractivity contribution in [3.05, 3.63) is 57.5 Å². The van der Waals surface area contributed by atoms with Gasteiger partial charge in [0.1, 0.15) is 5.75 Å². The fourth-order valence-corrected chi connectivity index (χ4v) is 2.17. The van der Waals surface area contributed by atoms with Crippen molar-refractivity contribution in [3.8, 4) is 5.75 Å². The summed E-state index contributed by atoms with van der Waals surface area (Å²) in [7, 11) is 0. The Morgan fingerprint density at radius 1 is 1.14 bits per heavy atom. The molecule has 112 valence electrons. The van der Waals surface area contributed by atoms with Gasteiger partial charge in [0, 0.05) is 22.3 Å².